The van der Waals surface area contributed by atoms with Gasteiger partial charge in [0.1, 0.15) is 11.4 Å². The summed E-state index contributed by atoms with van der Waals surface area (Å²) in [6.45, 7) is 1.49. The van der Waals surface area contributed by atoms with Crippen LogP contribution in [-0.2, 0) is 10.3 Å². The molecule has 1 aromatic rings. The smallest absolute Gasteiger partial charge is 0.328 e. The van der Waals surface area contributed by atoms with Gasteiger partial charge in [0.25, 0.3) is 0 Å². The largest absolute Gasteiger partial charge is 0.480 e. The predicted octanol–water partition coefficient (Wildman–Crippen LogP) is 1.34. The summed E-state index contributed by atoms with van der Waals surface area (Å²) in [5.41, 5.74) is -0.852. The number of carboxylic acid groups (broad SMARTS) is 1. The molecule has 0 heterocycles. The van der Waals surface area contributed by atoms with E-state index in [0.29, 0.717) is 5.56 Å². The maximum absolute atomic E-state index is 12.9. The van der Waals surface area contributed by atoms with Gasteiger partial charge in [0.15, 0.2) is 0 Å². The minimum absolute atomic E-state index is 0.396. The first-order valence-electron chi connectivity index (χ1n) is 4.19. The van der Waals surface area contributed by atoms with Crippen molar-refractivity contribution >= 4 is 5.97 Å². The van der Waals surface area contributed by atoms with Crippen LogP contribution in [0.1, 0.15) is 12.5 Å². The first-order valence-corrected chi connectivity index (χ1v) is 4.19. The van der Waals surface area contributed by atoms with Crippen LogP contribution in [0.25, 0.3) is 0 Å². The van der Waals surface area contributed by atoms with E-state index in [1.807, 2.05) is 0 Å². The van der Waals surface area contributed by atoms with Gasteiger partial charge in [-0.15, -0.1) is 0 Å². The van der Waals surface area contributed by atoms with E-state index in [1.54, 1.807) is 6.07 Å². The van der Waals surface area contributed by atoms with E-state index in [9.17, 15) is 9.18 Å². The topological polar surface area (TPSA) is 49.3 Å². The zero-order valence-electron chi connectivity index (χ0n) is 8.04. The number of halogens is 1. The lowest BCUT2D eigenvalue weighted by atomic mass is 9.92. The van der Waals surface area contributed by atoms with Gasteiger partial charge in [-0.1, -0.05) is 12.1 Å². The lowest BCUT2D eigenvalue weighted by Crippen LogP contribution is -2.44. The van der Waals surface area contributed by atoms with Crippen molar-refractivity contribution in [2.45, 2.75) is 12.5 Å². The zero-order chi connectivity index (χ0) is 10.8. The molecular weight excluding hydrogens is 185 g/mol. The molecule has 0 saturated heterocycles. The molecule has 0 bridgehead atoms. The Morgan fingerprint density at radius 3 is 2.64 bits per heavy atom. The highest BCUT2D eigenvalue weighted by Crippen LogP contribution is 2.21. The summed E-state index contributed by atoms with van der Waals surface area (Å²) in [6.07, 6.45) is 0. The minimum atomic E-state index is -1.25. The Kier molecular flexibility index (Phi) is 2.86. The van der Waals surface area contributed by atoms with Crippen molar-refractivity contribution in [3.8, 4) is 0 Å². The summed E-state index contributed by atoms with van der Waals surface area (Å²) < 4.78 is 12.9. The fourth-order valence-corrected chi connectivity index (χ4v) is 1.17. The van der Waals surface area contributed by atoms with Crippen molar-refractivity contribution in [2.24, 2.45) is 0 Å². The van der Waals surface area contributed by atoms with Crippen LogP contribution in [0, 0.1) is 5.82 Å². The lowest BCUT2D eigenvalue weighted by Gasteiger charge is -2.24. The van der Waals surface area contributed by atoms with Crippen LogP contribution in [-0.4, -0.2) is 18.1 Å². The van der Waals surface area contributed by atoms with E-state index in [1.165, 1.54) is 32.2 Å². The second-order valence-electron chi connectivity index (χ2n) is 3.19. The maximum atomic E-state index is 12.9. The van der Waals surface area contributed by atoms with Crippen molar-refractivity contribution in [2.75, 3.05) is 7.05 Å². The average molecular weight is 197 g/mol. The van der Waals surface area contributed by atoms with E-state index < -0.39 is 17.3 Å². The maximum Gasteiger partial charge on any atom is 0.328 e. The fourth-order valence-electron chi connectivity index (χ4n) is 1.17. The van der Waals surface area contributed by atoms with Gasteiger partial charge in [-0.05, 0) is 31.7 Å². The Hall–Kier alpha value is -1.42. The van der Waals surface area contributed by atoms with E-state index in [0.717, 1.165) is 0 Å². The van der Waals surface area contributed by atoms with Crippen molar-refractivity contribution in [1.82, 2.24) is 5.32 Å². The molecule has 1 rings (SSSR count). The van der Waals surface area contributed by atoms with Crippen molar-refractivity contribution in [3.63, 3.8) is 0 Å². The minimum Gasteiger partial charge on any atom is -0.480 e. The van der Waals surface area contributed by atoms with Crippen LogP contribution < -0.4 is 5.32 Å². The fraction of sp³-hybridized carbons (Fsp3) is 0.300. The molecule has 2 N–H and O–H groups in total. The average Bonchev–Trinajstić information content (AvgIpc) is 2.16. The zero-order valence-corrected chi connectivity index (χ0v) is 8.04. The highest BCUT2D eigenvalue weighted by Gasteiger charge is 2.33. The summed E-state index contributed by atoms with van der Waals surface area (Å²) in [7, 11) is 1.53. The standard InChI is InChI=1S/C10H12FNO2/c1-10(12-2,9(13)14)7-4-3-5-8(11)6-7/h3-6,12H,1-2H3,(H,13,14)/t10-/m1/s1. The SMILES string of the molecule is CN[C@@](C)(C(=O)O)c1cccc(F)c1. The number of rotatable bonds is 3. The second kappa shape index (κ2) is 3.75. The van der Waals surface area contributed by atoms with Crippen molar-refractivity contribution in [1.29, 1.82) is 0 Å². The van der Waals surface area contributed by atoms with Crippen molar-refractivity contribution in [3.05, 3.63) is 35.6 Å². The van der Waals surface area contributed by atoms with Gasteiger partial charge in [-0.2, -0.15) is 0 Å². The quantitative estimate of drug-likeness (QED) is 0.768. The molecule has 0 radical (unpaired) electrons. The molecule has 4 heteroatoms. The van der Waals surface area contributed by atoms with Gasteiger partial charge < -0.3 is 10.4 Å². The monoisotopic (exact) mass is 197 g/mol. The molecule has 0 unspecified atom stereocenters. The molecule has 76 valence electrons. The molecule has 0 aliphatic rings. The Morgan fingerprint density at radius 1 is 1.57 bits per heavy atom. The third-order valence-electron chi connectivity index (χ3n) is 2.33. The lowest BCUT2D eigenvalue weighted by molar-refractivity contribution is -0.144. The van der Waals surface area contributed by atoms with Crippen LogP contribution in [0.2, 0.25) is 0 Å². The van der Waals surface area contributed by atoms with Crippen LogP contribution >= 0.6 is 0 Å². The summed E-state index contributed by atoms with van der Waals surface area (Å²) >= 11 is 0. The molecule has 0 aliphatic carbocycles. The molecule has 0 saturated carbocycles. The third-order valence-corrected chi connectivity index (χ3v) is 2.33. The van der Waals surface area contributed by atoms with Gasteiger partial charge >= 0.3 is 5.97 Å². The predicted molar refractivity (Wildman–Crippen MR) is 50.4 cm³/mol. The molecule has 0 aliphatic heterocycles. The van der Waals surface area contributed by atoms with E-state index in [4.69, 9.17) is 5.11 Å². The van der Waals surface area contributed by atoms with E-state index >= 15 is 0 Å². The Bertz CT molecular complexity index is 354. The number of carbonyl (C=O) groups is 1. The van der Waals surface area contributed by atoms with Gasteiger partial charge in [0.05, 0.1) is 0 Å². The van der Waals surface area contributed by atoms with Gasteiger partial charge in [-0.25, -0.2) is 9.18 Å². The normalized spacial score (nSPS) is 14.8. The number of benzene rings is 1. The second-order valence-corrected chi connectivity index (χ2v) is 3.19. The van der Waals surface area contributed by atoms with E-state index in [-0.39, 0.29) is 0 Å². The molecule has 0 fully saturated rings. The highest BCUT2D eigenvalue weighted by atomic mass is 19.1. The molecule has 0 amide bonds. The third kappa shape index (κ3) is 1.75. The molecule has 3 nitrogen and oxygen atoms in total. The van der Waals surface area contributed by atoms with Crippen molar-refractivity contribution < 1.29 is 14.3 Å². The van der Waals surface area contributed by atoms with Crippen LogP contribution in [0.3, 0.4) is 0 Å². The Labute approximate surface area is 81.6 Å². The van der Waals surface area contributed by atoms with Gasteiger partial charge in [0, 0.05) is 0 Å². The van der Waals surface area contributed by atoms with Crippen LogP contribution in [0.15, 0.2) is 24.3 Å². The van der Waals surface area contributed by atoms with Gasteiger partial charge in [0.2, 0.25) is 0 Å². The molecule has 1 atom stereocenters. The molecule has 1 aromatic carbocycles. The molecule has 14 heavy (non-hydrogen) atoms. The number of hydrogen-bond donors (Lipinski definition) is 2. The summed E-state index contributed by atoms with van der Waals surface area (Å²) in [5, 5.41) is 11.6. The Balaban J connectivity index is 3.19. The molecule has 0 spiro atoms. The number of likely N-dealkylation sites (N-methyl/N-ethyl adjacent to an activating group) is 1. The van der Waals surface area contributed by atoms with Crippen LogP contribution in [0.4, 0.5) is 4.39 Å². The van der Waals surface area contributed by atoms with E-state index in [2.05, 4.69) is 5.32 Å². The number of nitrogens with one attached hydrogen (secondary N) is 1. The Morgan fingerprint density at radius 2 is 2.21 bits per heavy atom. The number of aliphatic carboxylic acids is 1. The molecule has 0 aromatic heterocycles. The summed E-state index contributed by atoms with van der Waals surface area (Å²) in [5.74, 6) is -1.48. The summed E-state index contributed by atoms with van der Waals surface area (Å²) in [6, 6.07) is 5.56. The summed E-state index contributed by atoms with van der Waals surface area (Å²) in [4.78, 5) is 11.0. The number of hydrogen-bond acceptors (Lipinski definition) is 2. The van der Waals surface area contributed by atoms with Crippen LogP contribution in [0.5, 0.6) is 0 Å². The first kappa shape index (κ1) is 10.7. The van der Waals surface area contributed by atoms with Gasteiger partial charge in [-0.3, -0.25) is 0 Å². The number of carboxylic acids is 1. The molecular formula is C10H12FNO2. The highest BCUT2D eigenvalue weighted by molar-refractivity contribution is 5.80. The first-order chi connectivity index (χ1) is 6.50.